The van der Waals surface area contributed by atoms with Gasteiger partial charge in [-0.05, 0) is 101 Å². The smallest absolute Gasteiger partial charge is 0.255 e. The number of primary amides is 1. The maximum absolute atomic E-state index is 12.7. The van der Waals surface area contributed by atoms with Crippen molar-refractivity contribution in [3.05, 3.63) is 34.3 Å². The molecule has 9 atom stereocenters. The van der Waals surface area contributed by atoms with Gasteiger partial charge >= 0.3 is 0 Å². The highest BCUT2D eigenvalue weighted by Crippen LogP contribution is 2.58. The molecule has 7 N–H and O–H groups in total. The average molecular weight is 573 g/mol. The summed E-state index contributed by atoms with van der Waals surface area (Å²) in [5.74, 6) is -4.56. The van der Waals surface area contributed by atoms with Gasteiger partial charge in [0.05, 0.1) is 12.2 Å². The van der Waals surface area contributed by atoms with Crippen LogP contribution in [0.15, 0.2) is 34.3 Å². The predicted molar refractivity (Wildman–Crippen MR) is 149 cm³/mol. The Hall–Kier alpha value is -2.53. The molecule has 0 bridgehead atoms. The fraction of sp³-hybridized carbons (Fsp3) is 0.710. The lowest BCUT2D eigenvalue weighted by atomic mass is 9.52. The number of aliphatic hydroxyl groups excluding tert-OH is 4. The van der Waals surface area contributed by atoms with Crippen molar-refractivity contribution in [3.8, 4) is 0 Å². The second-order valence-electron chi connectivity index (χ2n) is 13.2. The first-order chi connectivity index (χ1) is 19.4. The summed E-state index contributed by atoms with van der Waals surface area (Å²) in [5.41, 5.74) is 3.25. The van der Waals surface area contributed by atoms with Crippen LogP contribution in [0.4, 0.5) is 0 Å². The highest BCUT2D eigenvalue weighted by atomic mass is 16.4. The van der Waals surface area contributed by atoms with E-state index in [0.29, 0.717) is 25.2 Å². The molecule has 0 aromatic carbocycles. The molecule has 226 valence electrons. The molecular formula is C31H44N2O8. The minimum atomic E-state index is -2.39. The minimum Gasteiger partial charge on any atom is -0.509 e. The van der Waals surface area contributed by atoms with Crippen LogP contribution >= 0.6 is 0 Å². The fourth-order valence-corrected chi connectivity index (χ4v) is 8.74. The summed E-state index contributed by atoms with van der Waals surface area (Å²) in [6.45, 7) is 0.874. The summed E-state index contributed by atoms with van der Waals surface area (Å²) in [6.07, 6.45) is 5.61. The van der Waals surface area contributed by atoms with Crippen molar-refractivity contribution < 1.29 is 39.9 Å². The zero-order valence-corrected chi connectivity index (χ0v) is 24.0. The van der Waals surface area contributed by atoms with E-state index >= 15 is 0 Å². The third-order valence-corrected chi connectivity index (χ3v) is 10.7. The number of hydrogen-bond donors (Lipinski definition) is 6. The van der Waals surface area contributed by atoms with Gasteiger partial charge in [0, 0.05) is 30.3 Å². The molecule has 0 aromatic heterocycles. The molecule has 5 aliphatic rings. The lowest BCUT2D eigenvalue weighted by Gasteiger charge is -2.55. The first kappa shape index (κ1) is 29.9. The lowest BCUT2D eigenvalue weighted by Crippen LogP contribution is -2.58. The Bertz CT molecular complexity index is 1200. The van der Waals surface area contributed by atoms with Crippen molar-refractivity contribution >= 4 is 17.5 Å². The molecule has 5 rings (SSSR count). The molecule has 10 heteroatoms. The first-order valence-corrected chi connectivity index (χ1v) is 15.0. The predicted octanol–water partition coefficient (Wildman–Crippen LogP) is 1.84. The van der Waals surface area contributed by atoms with Gasteiger partial charge in [-0.3, -0.25) is 14.4 Å². The zero-order valence-electron chi connectivity index (χ0n) is 24.0. The van der Waals surface area contributed by atoms with Crippen molar-refractivity contribution in [1.82, 2.24) is 4.90 Å². The third kappa shape index (κ3) is 5.07. The standard InChI is InChI=1S/C31H44N2O8/c1-33(2)11-3-4-21(34)16-7-5-15(6-8-16)19-9-10-22(35)25-20(19)13-17-12-18-14-23(36)26(30(32)40)29(39)31(18,41)28(38)24(17)27(25)37/h7,15,17-20,22,25,27,35,37-39,41H,3-6,8-14H2,1-2H3,(H2,32,40)/t15?,17-,18+,19?,20?,22?,25?,27?,31+/m1/s1. The highest BCUT2D eigenvalue weighted by Gasteiger charge is 2.61. The summed E-state index contributed by atoms with van der Waals surface area (Å²) < 4.78 is 0. The topological polar surface area (TPSA) is 182 Å². The molecule has 0 saturated heterocycles. The highest BCUT2D eigenvalue weighted by molar-refractivity contribution is 6.20. The molecular weight excluding hydrogens is 528 g/mol. The maximum Gasteiger partial charge on any atom is 0.255 e. The van der Waals surface area contributed by atoms with Crippen LogP contribution < -0.4 is 5.73 Å². The van der Waals surface area contributed by atoms with E-state index in [-0.39, 0.29) is 42.0 Å². The molecule has 41 heavy (non-hydrogen) atoms. The number of nitrogens with two attached hydrogens (primary N) is 1. The molecule has 0 heterocycles. The number of ketones is 2. The van der Waals surface area contributed by atoms with Gasteiger partial charge in [0.2, 0.25) is 0 Å². The number of hydrogen-bond acceptors (Lipinski definition) is 9. The second-order valence-corrected chi connectivity index (χ2v) is 13.2. The van der Waals surface area contributed by atoms with Crippen LogP contribution in [0.2, 0.25) is 0 Å². The minimum absolute atomic E-state index is 0.0400. The normalized spacial score (nSPS) is 39.2. The molecule has 0 spiro atoms. The van der Waals surface area contributed by atoms with Gasteiger partial charge in [-0.2, -0.15) is 0 Å². The van der Waals surface area contributed by atoms with Gasteiger partial charge in [0.15, 0.2) is 17.2 Å². The number of nitrogens with zero attached hydrogens (tertiary/aromatic N) is 1. The van der Waals surface area contributed by atoms with Crippen LogP contribution in [0, 0.1) is 35.5 Å². The summed E-state index contributed by atoms with van der Waals surface area (Å²) in [6, 6.07) is 0. The third-order valence-electron chi connectivity index (χ3n) is 10.7. The second kappa shape index (κ2) is 11.3. The Balaban J connectivity index is 1.38. The number of amides is 1. The van der Waals surface area contributed by atoms with Crippen molar-refractivity contribution in [1.29, 1.82) is 0 Å². The van der Waals surface area contributed by atoms with Gasteiger partial charge < -0.3 is 36.2 Å². The monoisotopic (exact) mass is 572 g/mol. The molecule has 0 radical (unpaired) electrons. The molecule has 2 fully saturated rings. The Morgan fingerprint density at radius 3 is 2.44 bits per heavy atom. The zero-order chi connectivity index (χ0) is 29.8. The first-order valence-electron chi connectivity index (χ1n) is 15.0. The van der Waals surface area contributed by atoms with E-state index in [2.05, 4.69) is 11.0 Å². The van der Waals surface area contributed by atoms with Crippen LogP contribution in [0.1, 0.15) is 64.2 Å². The largest absolute Gasteiger partial charge is 0.509 e. The Morgan fingerprint density at radius 1 is 1.07 bits per heavy atom. The summed E-state index contributed by atoms with van der Waals surface area (Å²) in [5, 5.41) is 56.3. The van der Waals surface area contributed by atoms with E-state index in [9.17, 15) is 39.9 Å². The van der Waals surface area contributed by atoms with Gasteiger partial charge in [0.25, 0.3) is 5.91 Å². The van der Waals surface area contributed by atoms with Crippen LogP contribution in [-0.4, -0.2) is 86.4 Å². The van der Waals surface area contributed by atoms with E-state index in [1.54, 1.807) is 0 Å². The van der Waals surface area contributed by atoms with E-state index in [1.165, 1.54) is 0 Å². The van der Waals surface area contributed by atoms with Gasteiger partial charge in [0.1, 0.15) is 17.1 Å². The van der Waals surface area contributed by atoms with Crippen molar-refractivity contribution in [3.63, 3.8) is 0 Å². The maximum atomic E-state index is 12.7. The number of allylic oxidation sites excluding steroid dienone is 2. The molecule has 0 aromatic rings. The summed E-state index contributed by atoms with van der Waals surface area (Å²) in [4.78, 5) is 39.3. The van der Waals surface area contributed by atoms with Crippen LogP contribution in [0.25, 0.3) is 0 Å². The van der Waals surface area contributed by atoms with E-state index < -0.39 is 58.4 Å². The lowest BCUT2D eigenvalue weighted by molar-refractivity contribution is -0.131. The number of Topliss-reactive ketones (excluding diaryl/α,β-unsaturated/α-hetero) is 2. The van der Waals surface area contributed by atoms with Crippen LogP contribution in [0.3, 0.4) is 0 Å². The average Bonchev–Trinajstić information content (AvgIpc) is 2.90. The van der Waals surface area contributed by atoms with E-state index in [0.717, 1.165) is 44.2 Å². The SMILES string of the molecule is CN(C)CCCC(=O)C1=CCC(C2CCC(O)C3C(O)C4=C(O)[C@]5(O)C(O)=C(C(N)=O)C(=O)C[C@@H]5C[C@@H]4CC23)CC1. The molecule has 0 aliphatic heterocycles. The van der Waals surface area contributed by atoms with Crippen molar-refractivity contribution in [2.24, 2.45) is 41.2 Å². The fourth-order valence-electron chi connectivity index (χ4n) is 8.74. The molecule has 5 aliphatic carbocycles. The van der Waals surface area contributed by atoms with Gasteiger partial charge in [-0.1, -0.05) is 6.08 Å². The van der Waals surface area contributed by atoms with Crippen molar-refractivity contribution in [2.45, 2.75) is 82.0 Å². The Kier molecular flexibility index (Phi) is 8.24. The summed E-state index contributed by atoms with van der Waals surface area (Å²) in [7, 11) is 3.99. The van der Waals surface area contributed by atoms with Gasteiger partial charge in [-0.25, -0.2) is 0 Å². The van der Waals surface area contributed by atoms with Crippen LogP contribution in [0.5, 0.6) is 0 Å². The molecule has 10 nitrogen and oxygen atoms in total. The van der Waals surface area contributed by atoms with Crippen LogP contribution in [-0.2, 0) is 14.4 Å². The Labute approximate surface area is 240 Å². The number of rotatable bonds is 7. The number of aliphatic hydroxyl groups is 5. The molecule has 1 amide bonds. The quantitative estimate of drug-likeness (QED) is 0.248. The number of carbonyl (C=O) groups excluding carboxylic acids is 3. The molecule has 6 unspecified atom stereocenters. The van der Waals surface area contributed by atoms with E-state index in [4.69, 9.17) is 5.73 Å². The summed E-state index contributed by atoms with van der Waals surface area (Å²) >= 11 is 0. The van der Waals surface area contributed by atoms with Gasteiger partial charge in [-0.15, -0.1) is 0 Å². The van der Waals surface area contributed by atoms with E-state index in [1.807, 2.05) is 14.1 Å². The van der Waals surface area contributed by atoms with Crippen molar-refractivity contribution in [2.75, 3.05) is 20.6 Å². The molecule has 2 saturated carbocycles. The number of fused-ring (bicyclic) bond motifs is 3. The number of carbonyl (C=O) groups is 3. The Morgan fingerprint density at radius 2 is 1.80 bits per heavy atom.